The number of likely N-dealkylation sites (tertiary alicyclic amines) is 1. The Labute approximate surface area is 159 Å². The predicted molar refractivity (Wildman–Crippen MR) is 105 cm³/mol. The molecular weight excluding hydrogens is 345 g/mol. The zero-order chi connectivity index (χ0) is 19.1. The van der Waals surface area contributed by atoms with Gasteiger partial charge in [-0.1, -0.05) is 24.3 Å². The SMILES string of the molecule is O=[N+]([O-])c1ccccc1NCCCN1CCC(Cc2ccc(F)cc2)CC1. The molecule has 1 aliphatic rings. The molecule has 5 nitrogen and oxygen atoms in total. The van der Waals surface area contributed by atoms with Crippen LogP contribution in [0.5, 0.6) is 0 Å². The van der Waals surface area contributed by atoms with Gasteiger partial charge in [-0.3, -0.25) is 10.1 Å². The number of hydrogen-bond acceptors (Lipinski definition) is 4. The van der Waals surface area contributed by atoms with Crippen molar-refractivity contribution in [1.29, 1.82) is 0 Å². The van der Waals surface area contributed by atoms with Crippen LogP contribution in [0.3, 0.4) is 0 Å². The number of benzene rings is 2. The van der Waals surface area contributed by atoms with Crippen LogP contribution < -0.4 is 5.32 Å². The van der Waals surface area contributed by atoms with Gasteiger partial charge in [0.05, 0.1) is 4.92 Å². The lowest BCUT2D eigenvalue weighted by molar-refractivity contribution is -0.384. The van der Waals surface area contributed by atoms with Crippen molar-refractivity contribution in [2.24, 2.45) is 5.92 Å². The molecule has 6 heteroatoms. The molecule has 0 atom stereocenters. The summed E-state index contributed by atoms with van der Waals surface area (Å²) in [6, 6.07) is 13.6. The molecule has 2 aromatic rings. The van der Waals surface area contributed by atoms with Gasteiger partial charge < -0.3 is 10.2 Å². The summed E-state index contributed by atoms with van der Waals surface area (Å²) in [7, 11) is 0. The van der Waals surface area contributed by atoms with E-state index in [2.05, 4.69) is 10.2 Å². The number of hydrogen-bond donors (Lipinski definition) is 1. The highest BCUT2D eigenvalue weighted by molar-refractivity contribution is 5.60. The van der Waals surface area contributed by atoms with Crippen LogP contribution in [0.15, 0.2) is 48.5 Å². The molecule has 1 heterocycles. The van der Waals surface area contributed by atoms with E-state index in [0.29, 0.717) is 11.6 Å². The highest BCUT2D eigenvalue weighted by Gasteiger charge is 2.19. The van der Waals surface area contributed by atoms with E-state index < -0.39 is 0 Å². The Morgan fingerprint density at radius 1 is 1.11 bits per heavy atom. The van der Waals surface area contributed by atoms with Crippen molar-refractivity contribution in [3.05, 3.63) is 70.0 Å². The van der Waals surface area contributed by atoms with E-state index in [1.165, 1.54) is 23.8 Å². The largest absolute Gasteiger partial charge is 0.379 e. The first-order chi connectivity index (χ1) is 13.1. The van der Waals surface area contributed by atoms with Crippen molar-refractivity contribution in [1.82, 2.24) is 4.90 Å². The van der Waals surface area contributed by atoms with Crippen LogP contribution >= 0.6 is 0 Å². The summed E-state index contributed by atoms with van der Waals surface area (Å²) in [5.41, 5.74) is 1.92. The molecule has 0 spiro atoms. The van der Waals surface area contributed by atoms with E-state index in [1.54, 1.807) is 18.2 Å². The molecule has 2 aromatic carbocycles. The van der Waals surface area contributed by atoms with Crippen molar-refractivity contribution in [3.8, 4) is 0 Å². The zero-order valence-corrected chi connectivity index (χ0v) is 15.4. The van der Waals surface area contributed by atoms with E-state index >= 15 is 0 Å². The molecule has 1 saturated heterocycles. The lowest BCUT2D eigenvalue weighted by atomic mass is 9.90. The molecule has 0 saturated carbocycles. The lowest BCUT2D eigenvalue weighted by Crippen LogP contribution is -2.35. The maximum atomic E-state index is 13.0. The average Bonchev–Trinajstić information content (AvgIpc) is 2.68. The predicted octanol–water partition coefficient (Wildman–Crippen LogP) is 4.49. The Morgan fingerprint density at radius 3 is 2.52 bits per heavy atom. The molecular formula is C21H26FN3O2. The monoisotopic (exact) mass is 371 g/mol. The summed E-state index contributed by atoms with van der Waals surface area (Å²) in [6.07, 6.45) is 4.30. The maximum Gasteiger partial charge on any atom is 0.292 e. The normalized spacial score (nSPS) is 15.6. The minimum absolute atomic E-state index is 0.124. The van der Waals surface area contributed by atoms with Gasteiger partial charge in [-0.25, -0.2) is 4.39 Å². The van der Waals surface area contributed by atoms with Gasteiger partial charge in [0.25, 0.3) is 5.69 Å². The number of rotatable bonds is 8. The summed E-state index contributed by atoms with van der Waals surface area (Å²) < 4.78 is 13.0. The Morgan fingerprint density at radius 2 is 1.81 bits per heavy atom. The van der Waals surface area contributed by atoms with E-state index in [9.17, 15) is 14.5 Å². The molecule has 0 bridgehead atoms. The topological polar surface area (TPSA) is 58.4 Å². The van der Waals surface area contributed by atoms with Crippen molar-refractivity contribution in [2.45, 2.75) is 25.7 Å². The van der Waals surface area contributed by atoms with Crippen LogP contribution in [0.25, 0.3) is 0 Å². The minimum Gasteiger partial charge on any atom is -0.379 e. The molecule has 1 aliphatic heterocycles. The molecule has 0 radical (unpaired) electrons. The number of halogens is 1. The van der Waals surface area contributed by atoms with Crippen LogP contribution in [0.2, 0.25) is 0 Å². The van der Waals surface area contributed by atoms with Gasteiger partial charge >= 0.3 is 0 Å². The maximum absolute atomic E-state index is 13.0. The van der Waals surface area contributed by atoms with E-state index in [0.717, 1.165) is 51.9 Å². The van der Waals surface area contributed by atoms with Crippen molar-refractivity contribution < 1.29 is 9.31 Å². The first-order valence-corrected chi connectivity index (χ1v) is 9.56. The van der Waals surface area contributed by atoms with Crippen molar-refractivity contribution in [2.75, 3.05) is 31.5 Å². The fraction of sp³-hybridized carbons (Fsp3) is 0.429. The second-order valence-corrected chi connectivity index (χ2v) is 7.17. The fourth-order valence-electron chi connectivity index (χ4n) is 3.68. The van der Waals surface area contributed by atoms with E-state index in [-0.39, 0.29) is 16.4 Å². The Balaban J connectivity index is 1.35. The summed E-state index contributed by atoms with van der Waals surface area (Å²) in [6.45, 7) is 3.88. The third-order valence-electron chi connectivity index (χ3n) is 5.21. The Bertz CT molecular complexity index is 743. The van der Waals surface area contributed by atoms with Crippen molar-refractivity contribution in [3.63, 3.8) is 0 Å². The molecule has 0 aromatic heterocycles. The molecule has 3 rings (SSSR count). The summed E-state index contributed by atoms with van der Waals surface area (Å²) in [4.78, 5) is 13.1. The fourth-order valence-corrected chi connectivity index (χ4v) is 3.68. The van der Waals surface area contributed by atoms with E-state index in [1.807, 2.05) is 12.1 Å². The quantitative estimate of drug-likeness (QED) is 0.422. The third-order valence-corrected chi connectivity index (χ3v) is 5.21. The molecule has 0 amide bonds. The molecule has 1 fully saturated rings. The van der Waals surface area contributed by atoms with Crippen LogP contribution in [-0.4, -0.2) is 36.0 Å². The van der Waals surface area contributed by atoms with Gasteiger partial charge in [0, 0.05) is 12.6 Å². The van der Waals surface area contributed by atoms with Gasteiger partial charge in [0.15, 0.2) is 0 Å². The molecule has 0 aliphatic carbocycles. The van der Waals surface area contributed by atoms with E-state index in [4.69, 9.17) is 0 Å². The van der Waals surface area contributed by atoms with Crippen molar-refractivity contribution >= 4 is 11.4 Å². The number of nitrogens with zero attached hydrogens (tertiary/aromatic N) is 2. The number of piperidine rings is 1. The zero-order valence-electron chi connectivity index (χ0n) is 15.4. The smallest absolute Gasteiger partial charge is 0.292 e. The van der Waals surface area contributed by atoms with Gasteiger partial charge in [0.2, 0.25) is 0 Å². The van der Waals surface area contributed by atoms with Crippen LogP contribution in [0.1, 0.15) is 24.8 Å². The Hall–Kier alpha value is -2.47. The van der Waals surface area contributed by atoms with Gasteiger partial charge in [-0.2, -0.15) is 0 Å². The number of nitro benzene ring substituents is 1. The van der Waals surface area contributed by atoms with Crippen LogP contribution in [0.4, 0.5) is 15.8 Å². The first kappa shape index (κ1) is 19.3. The number of anilines is 1. The number of nitrogens with one attached hydrogen (secondary N) is 1. The number of para-hydroxylation sites is 2. The third kappa shape index (κ3) is 5.76. The minimum atomic E-state index is -0.353. The average molecular weight is 371 g/mol. The molecule has 0 unspecified atom stereocenters. The summed E-state index contributed by atoms with van der Waals surface area (Å²) >= 11 is 0. The van der Waals surface area contributed by atoms with Gasteiger partial charge in [-0.15, -0.1) is 0 Å². The standard InChI is InChI=1S/C21H26FN3O2/c22-19-8-6-17(7-9-19)16-18-10-14-24(15-11-18)13-3-12-23-20-4-1-2-5-21(20)25(26)27/h1-2,4-9,18,23H,3,10-16H2. The lowest BCUT2D eigenvalue weighted by Gasteiger charge is -2.32. The summed E-state index contributed by atoms with van der Waals surface area (Å²) in [5, 5.41) is 14.2. The first-order valence-electron chi connectivity index (χ1n) is 9.56. The molecule has 144 valence electrons. The molecule has 27 heavy (non-hydrogen) atoms. The number of nitro groups is 1. The second kappa shape index (κ2) is 9.46. The summed E-state index contributed by atoms with van der Waals surface area (Å²) in [5.74, 6) is 0.486. The Kier molecular flexibility index (Phi) is 6.76. The van der Waals surface area contributed by atoms with Gasteiger partial charge in [-0.05, 0) is 75.0 Å². The van der Waals surface area contributed by atoms with Crippen LogP contribution in [-0.2, 0) is 6.42 Å². The highest BCUT2D eigenvalue weighted by atomic mass is 19.1. The highest BCUT2D eigenvalue weighted by Crippen LogP contribution is 2.24. The molecule has 1 N–H and O–H groups in total. The van der Waals surface area contributed by atoms with Gasteiger partial charge in [0.1, 0.15) is 11.5 Å². The van der Waals surface area contributed by atoms with Crippen LogP contribution in [0, 0.1) is 21.8 Å². The second-order valence-electron chi connectivity index (χ2n) is 7.17.